The Balaban J connectivity index is 2.36. The molecule has 5 heteroatoms. The summed E-state index contributed by atoms with van der Waals surface area (Å²) < 4.78 is 0.917. The van der Waals surface area contributed by atoms with Crippen LogP contribution in [0, 0.1) is 0 Å². The second kappa shape index (κ2) is 7.50. The molecular weight excluding hydrogens is 280 g/mol. The molecule has 0 aliphatic heterocycles. The summed E-state index contributed by atoms with van der Waals surface area (Å²) in [4.78, 5) is 6.42. The fraction of sp³-hybridized carbons (Fsp3) is 0.583. The quantitative estimate of drug-likeness (QED) is 0.760. The highest BCUT2D eigenvalue weighted by Gasteiger charge is 2.04. The number of aromatic nitrogens is 1. The summed E-state index contributed by atoms with van der Waals surface area (Å²) in [6.45, 7) is 8.63. The minimum atomic E-state index is 0.683. The van der Waals surface area contributed by atoms with Gasteiger partial charge in [0.15, 0.2) is 0 Å². The average molecular weight is 301 g/mol. The van der Waals surface area contributed by atoms with Crippen LogP contribution < -0.4 is 11.1 Å². The van der Waals surface area contributed by atoms with Gasteiger partial charge in [-0.05, 0) is 42.0 Å². The van der Waals surface area contributed by atoms with Crippen LogP contribution in [0.1, 0.15) is 20.3 Å². The van der Waals surface area contributed by atoms with Gasteiger partial charge in [-0.15, -0.1) is 0 Å². The lowest BCUT2D eigenvalue weighted by Gasteiger charge is -2.18. The van der Waals surface area contributed by atoms with Crippen molar-refractivity contribution in [2.75, 3.05) is 37.2 Å². The molecule has 1 aromatic rings. The summed E-state index contributed by atoms with van der Waals surface area (Å²) >= 11 is 3.44. The van der Waals surface area contributed by atoms with Crippen molar-refractivity contribution in [3.8, 4) is 0 Å². The first-order valence-corrected chi connectivity index (χ1v) is 6.83. The highest BCUT2D eigenvalue weighted by atomic mass is 79.9. The molecule has 3 N–H and O–H groups in total. The molecule has 0 aliphatic carbocycles. The van der Waals surface area contributed by atoms with Crippen LogP contribution in [0.4, 0.5) is 11.4 Å². The van der Waals surface area contributed by atoms with Crippen molar-refractivity contribution < 1.29 is 0 Å². The Kier molecular flexibility index (Phi) is 6.29. The number of nitrogens with two attached hydrogens (primary N) is 1. The molecule has 0 spiro atoms. The van der Waals surface area contributed by atoms with Crippen molar-refractivity contribution in [1.82, 2.24) is 9.88 Å². The van der Waals surface area contributed by atoms with Crippen molar-refractivity contribution >= 4 is 27.3 Å². The van der Waals surface area contributed by atoms with E-state index in [2.05, 4.69) is 45.0 Å². The van der Waals surface area contributed by atoms with Gasteiger partial charge in [-0.2, -0.15) is 0 Å². The third-order valence-corrected chi connectivity index (χ3v) is 3.38. The minimum absolute atomic E-state index is 0.683. The molecule has 0 fully saturated rings. The Morgan fingerprint density at radius 3 is 2.65 bits per heavy atom. The van der Waals surface area contributed by atoms with E-state index in [-0.39, 0.29) is 0 Å². The second-order valence-electron chi connectivity index (χ2n) is 3.89. The zero-order chi connectivity index (χ0) is 12.7. The van der Waals surface area contributed by atoms with Crippen LogP contribution in [0.5, 0.6) is 0 Å². The zero-order valence-corrected chi connectivity index (χ0v) is 12.1. The molecule has 0 aliphatic rings. The largest absolute Gasteiger partial charge is 0.396 e. The minimum Gasteiger partial charge on any atom is -0.396 e. The van der Waals surface area contributed by atoms with E-state index >= 15 is 0 Å². The highest BCUT2D eigenvalue weighted by Crippen LogP contribution is 2.26. The zero-order valence-electron chi connectivity index (χ0n) is 10.5. The van der Waals surface area contributed by atoms with Crippen LogP contribution in [-0.2, 0) is 0 Å². The van der Waals surface area contributed by atoms with E-state index in [9.17, 15) is 0 Å². The van der Waals surface area contributed by atoms with Crippen molar-refractivity contribution in [2.45, 2.75) is 20.3 Å². The van der Waals surface area contributed by atoms with Gasteiger partial charge < -0.3 is 16.0 Å². The first-order chi connectivity index (χ1) is 8.19. The van der Waals surface area contributed by atoms with Crippen LogP contribution in [0.25, 0.3) is 0 Å². The summed E-state index contributed by atoms with van der Waals surface area (Å²) in [6, 6.07) is 0. The van der Waals surface area contributed by atoms with Crippen molar-refractivity contribution in [2.24, 2.45) is 0 Å². The molecule has 0 amide bonds. The van der Waals surface area contributed by atoms with Crippen molar-refractivity contribution in [3.05, 3.63) is 16.9 Å². The van der Waals surface area contributed by atoms with Gasteiger partial charge in [0.05, 0.1) is 22.0 Å². The number of nitrogens with one attached hydrogen (secondary N) is 1. The molecule has 0 bridgehead atoms. The van der Waals surface area contributed by atoms with Crippen LogP contribution in [-0.4, -0.2) is 36.1 Å². The van der Waals surface area contributed by atoms with Gasteiger partial charge in [0.1, 0.15) is 0 Å². The van der Waals surface area contributed by atoms with Gasteiger partial charge in [-0.3, -0.25) is 4.98 Å². The van der Waals surface area contributed by atoms with Crippen molar-refractivity contribution in [3.63, 3.8) is 0 Å². The lowest BCUT2D eigenvalue weighted by molar-refractivity contribution is 0.303. The smallest absolute Gasteiger partial charge is 0.0750 e. The standard InChI is InChI=1S/C12H21BrN4/c1-3-17(4-2)7-5-6-16-12-10(13)8-15-9-11(12)14/h8-9H,3-7,14H2,1-2H3,(H,15,16). The summed E-state index contributed by atoms with van der Waals surface area (Å²) in [5.41, 5.74) is 7.48. The van der Waals surface area contributed by atoms with Gasteiger partial charge in [-0.25, -0.2) is 0 Å². The van der Waals surface area contributed by atoms with Gasteiger partial charge in [-0.1, -0.05) is 13.8 Å². The van der Waals surface area contributed by atoms with Gasteiger partial charge in [0.25, 0.3) is 0 Å². The Morgan fingerprint density at radius 1 is 1.35 bits per heavy atom. The van der Waals surface area contributed by atoms with E-state index in [1.165, 1.54) is 0 Å². The predicted octanol–water partition coefficient (Wildman–Crippen LogP) is 2.57. The topological polar surface area (TPSA) is 54.2 Å². The molecule has 0 atom stereocenters. The molecule has 0 saturated carbocycles. The molecule has 0 radical (unpaired) electrons. The van der Waals surface area contributed by atoms with E-state index < -0.39 is 0 Å². The number of nitrogen functional groups attached to an aromatic ring is 1. The Labute approximate surface area is 112 Å². The highest BCUT2D eigenvalue weighted by molar-refractivity contribution is 9.10. The third-order valence-electron chi connectivity index (χ3n) is 2.78. The van der Waals surface area contributed by atoms with Crippen LogP contribution >= 0.6 is 15.9 Å². The van der Waals surface area contributed by atoms with Gasteiger partial charge in [0.2, 0.25) is 0 Å². The second-order valence-corrected chi connectivity index (χ2v) is 4.75. The first-order valence-electron chi connectivity index (χ1n) is 6.04. The van der Waals surface area contributed by atoms with E-state index in [4.69, 9.17) is 5.73 Å². The third kappa shape index (κ3) is 4.52. The molecule has 1 heterocycles. The predicted molar refractivity (Wildman–Crippen MR) is 77.2 cm³/mol. The number of rotatable bonds is 7. The summed E-state index contributed by atoms with van der Waals surface area (Å²) in [5.74, 6) is 0. The summed E-state index contributed by atoms with van der Waals surface area (Å²) in [5, 5.41) is 3.35. The lowest BCUT2D eigenvalue weighted by Crippen LogP contribution is -2.25. The molecular formula is C12H21BrN4. The maximum absolute atomic E-state index is 5.85. The number of halogens is 1. The van der Waals surface area contributed by atoms with Crippen LogP contribution in [0.3, 0.4) is 0 Å². The fourth-order valence-electron chi connectivity index (χ4n) is 1.69. The van der Waals surface area contributed by atoms with E-state index in [1.807, 2.05) is 0 Å². The van der Waals surface area contributed by atoms with Crippen LogP contribution in [0.2, 0.25) is 0 Å². The van der Waals surface area contributed by atoms with Crippen LogP contribution in [0.15, 0.2) is 16.9 Å². The molecule has 1 aromatic heterocycles. The van der Waals surface area contributed by atoms with E-state index in [0.717, 1.165) is 42.8 Å². The number of anilines is 2. The maximum Gasteiger partial charge on any atom is 0.0750 e. The molecule has 0 saturated heterocycles. The number of hydrogen-bond acceptors (Lipinski definition) is 4. The number of pyridine rings is 1. The molecule has 96 valence electrons. The Bertz CT molecular complexity index is 319. The normalized spacial score (nSPS) is 10.8. The maximum atomic E-state index is 5.85. The van der Waals surface area contributed by atoms with E-state index in [1.54, 1.807) is 12.4 Å². The summed E-state index contributed by atoms with van der Waals surface area (Å²) in [6.07, 6.45) is 4.52. The molecule has 4 nitrogen and oxygen atoms in total. The number of hydrogen-bond donors (Lipinski definition) is 2. The molecule has 1 rings (SSSR count). The lowest BCUT2D eigenvalue weighted by atomic mass is 10.3. The molecule has 0 aromatic carbocycles. The fourth-order valence-corrected chi connectivity index (χ4v) is 2.18. The average Bonchev–Trinajstić information content (AvgIpc) is 2.32. The van der Waals surface area contributed by atoms with Crippen molar-refractivity contribution in [1.29, 1.82) is 0 Å². The van der Waals surface area contributed by atoms with Gasteiger partial charge in [0, 0.05) is 12.7 Å². The summed E-state index contributed by atoms with van der Waals surface area (Å²) in [7, 11) is 0. The number of nitrogens with zero attached hydrogens (tertiary/aromatic N) is 2. The SMILES string of the molecule is CCN(CC)CCCNc1c(N)cncc1Br. The molecule has 17 heavy (non-hydrogen) atoms. The van der Waals surface area contributed by atoms with E-state index in [0.29, 0.717) is 5.69 Å². The Hall–Kier alpha value is -0.810. The molecule has 0 unspecified atom stereocenters. The van der Waals surface area contributed by atoms with Gasteiger partial charge >= 0.3 is 0 Å². The monoisotopic (exact) mass is 300 g/mol. The first kappa shape index (κ1) is 14.3. The Morgan fingerprint density at radius 2 is 2.06 bits per heavy atom.